The normalized spacial score (nSPS) is 16.6. The molecule has 0 radical (unpaired) electrons. The summed E-state index contributed by atoms with van der Waals surface area (Å²) in [6.45, 7) is 3.96. The zero-order valence-corrected chi connectivity index (χ0v) is 17.2. The molecular formula is C24H28ClNO2. The zero-order valence-electron chi connectivity index (χ0n) is 16.4. The van der Waals surface area contributed by atoms with E-state index in [0.29, 0.717) is 19.8 Å². The van der Waals surface area contributed by atoms with Crippen LogP contribution in [-0.4, -0.2) is 25.7 Å². The van der Waals surface area contributed by atoms with E-state index in [1.54, 1.807) is 6.08 Å². The lowest BCUT2D eigenvalue weighted by Crippen LogP contribution is -2.44. The highest BCUT2D eigenvalue weighted by Gasteiger charge is 2.36. The lowest BCUT2D eigenvalue weighted by molar-refractivity contribution is -0.117. The predicted octanol–water partition coefficient (Wildman–Crippen LogP) is 5.08. The molecule has 0 aliphatic carbocycles. The van der Waals surface area contributed by atoms with Gasteiger partial charge >= 0.3 is 0 Å². The molecule has 1 N–H and O–H groups in total. The molecule has 0 spiro atoms. The Hall–Kier alpha value is -2.10. The Labute approximate surface area is 172 Å². The lowest BCUT2D eigenvalue weighted by atomic mass is 9.74. The van der Waals surface area contributed by atoms with Gasteiger partial charge in [0.15, 0.2) is 0 Å². The Morgan fingerprint density at radius 3 is 2.50 bits per heavy atom. The summed E-state index contributed by atoms with van der Waals surface area (Å²) in [5.74, 6) is -0.0384. The number of ether oxygens (including phenoxy) is 1. The zero-order chi connectivity index (χ0) is 19.8. The van der Waals surface area contributed by atoms with E-state index >= 15 is 0 Å². The van der Waals surface area contributed by atoms with Crippen molar-refractivity contribution in [3.63, 3.8) is 0 Å². The number of nitrogens with one attached hydrogen (secondary N) is 1. The first-order valence-corrected chi connectivity index (χ1v) is 10.3. The summed E-state index contributed by atoms with van der Waals surface area (Å²) in [4.78, 5) is 12.5. The Kier molecular flexibility index (Phi) is 7.30. The molecule has 1 heterocycles. The van der Waals surface area contributed by atoms with Gasteiger partial charge in [0.1, 0.15) is 0 Å². The van der Waals surface area contributed by atoms with Crippen molar-refractivity contribution < 1.29 is 9.53 Å². The highest BCUT2D eigenvalue weighted by Crippen LogP contribution is 2.38. The molecule has 3 nitrogen and oxygen atoms in total. The van der Waals surface area contributed by atoms with E-state index in [2.05, 4.69) is 23.5 Å². The number of halogens is 1. The van der Waals surface area contributed by atoms with Gasteiger partial charge in [-0.1, -0.05) is 65.7 Å². The molecule has 1 amide bonds. The van der Waals surface area contributed by atoms with E-state index in [-0.39, 0.29) is 11.3 Å². The molecular weight excluding hydrogens is 370 g/mol. The van der Waals surface area contributed by atoms with E-state index in [1.807, 2.05) is 43.3 Å². The molecule has 0 saturated carbocycles. The maximum atomic E-state index is 12.5. The maximum absolute atomic E-state index is 12.5. The number of hydrogen-bond acceptors (Lipinski definition) is 2. The topological polar surface area (TPSA) is 38.3 Å². The van der Waals surface area contributed by atoms with E-state index in [4.69, 9.17) is 16.3 Å². The van der Waals surface area contributed by atoms with Gasteiger partial charge in [-0.15, -0.1) is 0 Å². The van der Waals surface area contributed by atoms with Crippen LogP contribution in [0, 0.1) is 0 Å². The van der Waals surface area contributed by atoms with Gasteiger partial charge in [-0.3, -0.25) is 4.79 Å². The number of rotatable bonds is 7. The van der Waals surface area contributed by atoms with Crippen molar-refractivity contribution in [1.82, 2.24) is 5.32 Å². The molecule has 28 heavy (non-hydrogen) atoms. The SMILES string of the molecule is CC(=CC(=O)NCC1(c2ccccc2Cl)CCOCC1)CCc1ccccc1. The second-order valence-corrected chi connectivity index (χ2v) is 7.97. The molecule has 2 aromatic rings. The first-order chi connectivity index (χ1) is 13.6. The van der Waals surface area contributed by atoms with Crippen LogP contribution in [0.5, 0.6) is 0 Å². The van der Waals surface area contributed by atoms with Crippen molar-refractivity contribution in [3.8, 4) is 0 Å². The molecule has 1 aliphatic rings. The monoisotopic (exact) mass is 397 g/mol. The van der Waals surface area contributed by atoms with Crippen molar-refractivity contribution in [2.75, 3.05) is 19.8 Å². The highest BCUT2D eigenvalue weighted by atomic mass is 35.5. The second-order valence-electron chi connectivity index (χ2n) is 7.57. The molecule has 0 bridgehead atoms. The summed E-state index contributed by atoms with van der Waals surface area (Å²) in [5.41, 5.74) is 3.30. The van der Waals surface area contributed by atoms with Crippen molar-refractivity contribution in [2.24, 2.45) is 0 Å². The largest absolute Gasteiger partial charge is 0.381 e. The molecule has 148 valence electrons. The van der Waals surface area contributed by atoms with Gasteiger partial charge < -0.3 is 10.1 Å². The lowest BCUT2D eigenvalue weighted by Gasteiger charge is -2.38. The van der Waals surface area contributed by atoms with Crippen LogP contribution in [0.1, 0.15) is 37.3 Å². The third-order valence-electron chi connectivity index (χ3n) is 5.52. The number of benzene rings is 2. The minimum atomic E-state index is -0.169. The maximum Gasteiger partial charge on any atom is 0.243 e. The van der Waals surface area contributed by atoms with E-state index in [1.165, 1.54) is 5.56 Å². The van der Waals surface area contributed by atoms with Gasteiger partial charge in [0.2, 0.25) is 5.91 Å². The van der Waals surface area contributed by atoms with E-state index < -0.39 is 0 Å². The van der Waals surface area contributed by atoms with E-state index in [0.717, 1.165) is 41.8 Å². The van der Waals surface area contributed by atoms with Crippen LogP contribution >= 0.6 is 11.6 Å². The first-order valence-electron chi connectivity index (χ1n) is 9.91. The smallest absolute Gasteiger partial charge is 0.243 e. The number of carbonyl (C=O) groups excluding carboxylic acids is 1. The van der Waals surface area contributed by atoms with Gasteiger partial charge in [-0.2, -0.15) is 0 Å². The standard InChI is InChI=1S/C24H28ClNO2/c1-19(11-12-20-7-3-2-4-8-20)17-23(27)26-18-24(13-15-28-16-14-24)21-9-5-6-10-22(21)25/h2-10,17H,11-16,18H2,1H3,(H,26,27). The number of carbonyl (C=O) groups is 1. The summed E-state index contributed by atoms with van der Waals surface area (Å²) < 4.78 is 5.56. The average molecular weight is 398 g/mol. The van der Waals surface area contributed by atoms with Crippen molar-refractivity contribution in [3.05, 3.63) is 82.4 Å². The van der Waals surface area contributed by atoms with Crippen molar-refractivity contribution >= 4 is 17.5 Å². The van der Waals surface area contributed by atoms with Gasteiger partial charge in [-0.05, 0) is 49.8 Å². The highest BCUT2D eigenvalue weighted by molar-refractivity contribution is 6.31. The van der Waals surface area contributed by atoms with Crippen molar-refractivity contribution in [2.45, 2.75) is 38.0 Å². The average Bonchev–Trinajstić information content (AvgIpc) is 2.72. The fourth-order valence-electron chi connectivity index (χ4n) is 3.78. The Balaban J connectivity index is 1.61. The van der Waals surface area contributed by atoms with Crippen LogP contribution in [-0.2, 0) is 21.4 Å². The molecule has 4 heteroatoms. The predicted molar refractivity (Wildman–Crippen MR) is 115 cm³/mol. The number of allylic oxidation sites excluding steroid dienone is 1. The van der Waals surface area contributed by atoms with Crippen LogP contribution in [0.2, 0.25) is 5.02 Å². The molecule has 0 atom stereocenters. The third-order valence-corrected chi connectivity index (χ3v) is 5.85. The summed E-state index contributed by atoms with van der Waals surface area (Å²) in [7, 11) is 0. The number of hydrogen-bond donors (Lipinski definition) is 1. The Morgan fingerprint density at radius 2 is 1.79 bits per heavy atom. The van der Waals surface area contributed by atoms with Crippen LogP contribution in [0.3, 0.4) is 0 Å². The summed E-state index contributed by atoms with van der Waals surface area (Å²) in [6, 6.07) is 18.3. The molecule has 1 aliphatic heterocycles. The second kappa shape index (κ2) is 9.90. The van der Waals surface area contributed by atoms with Gasteiger partial charge in [0, 0.05) is 36.3 Å². The van der Waals surface area contributed by atoms with Crippen LogP contribution < -0.4 is 5.32 Å². The number of aryl methyl sites for hydroxylation is 1. The summed E-state index contributed by atoms with van der Waals surface area (Å²) in [6.07, 6.45) is 5.25. The molecule has 1 saturated heterocycles. The van der Waals surface area contributed by atoms with Crippen LogP contribution in [0.4, 0.5) is 0 Å². The minimum absolute atomic E-state index is 0.0384. The first kappa shape index (κ1) is 20.6. The van der Waals surface area contributed by atoms with E-state index in [9.17, 15) is 4.79 Å². The van der Waals surface area contributed by atoms with Crippen molar-refractivity contribution in [1.29, 1.82) is 0 Å². The van der Waals surface area contributed by atoms with Gasteiger partial charge in [0.25, 0.3) is 0 Å². The van der Waals surface area contributed by atoms with Gasteiger partial charge in [0.05, 0.1) is 0 Å². The fourth-order valence-corrected chi connectivity index (χ4v) is 4.12. The van der Waals surface area contributed by atoms with Gasteiger partial charge in [-0.25, -0.2) is 0 Å². The van der Waals surface area contributed by atoms with Crippen LogP contribution in [0.15, 0.2) is 66.2 Å². The van der Waals surface area contributed by atoms with Crippen LogP contribution in [0.25, 0.3) is 0 Å². The summed E-state index contributed by atoms with van der Waals surface area (Å²) >= 11 is 6.48. The number of amides is 1. The Bertz CT molecular complexity index is 810. The quantitative estimate of drug-likeness (QED) is 0.661. The molecule has 3 rings (SSSR count). The molecule has 2 aromatic carbocycles. The third kappa shape index (κ3) is 5.46. The minimum Gasteiger partial charge on any atom is -0.381 e. The Morgan fingerprint density at radius 1 is 1.11 bits per heavy atom. The molecule has 0 unspecified atom stereocenters. The molecule has 1 fully saturated rings. The fraction of sp³-hybridized carbons (Fsp3) is 0.375. The molecule has 0 aromatic heterocycles. The summed E-state index contributed by atoms with van der Waals surface area (Å²) in [5, 5.41) is 3.88.